The number of aryl methyl sites for hydroxylation is 2. The van der Waals surface area contributed by atoms with E-state index < -0.39 is 0 Å². The molecule has 7 heteroatoms. The van der Waals surface area contributed by atoms with Crippen molar-refractivity contribution >= 4 is 5.82 Å². The Hall–Kier alpha value is -2.02. The third-order valence-corrected chi connectivity index (χ3v) is 5.39. The number of piperidine rings is 1. The van der Waals surface area contributed by atoms with Crippen LogP contribution in [0, 0.1) is 0 Å². The maximum Gasteiger partial charge on any atom is 0.226 e. The van der Waals surface area contributed by atoms with Crippen LogP contribution < -0.4 is 4.90 Å². The molecule has 1 aliphatic carbocycles. The smallest absolute Gasteiger partial charge is 0.226 e. The Kier molecular flexibility index (Phi) is 4.65. The van der Waals surface area contributed by atoms with Gasteiger partial charge in [0, 0.05) is 37.3 Å². The van der Waals surface area contributed by atoms with Gasteiger partial charge in [0.15, 0.2) is 5.82 Å². The van der Waals surface area contributed by atoms with Gasteiger partial charge in [0.05, 0.1) is 6.54 Å². The molecule has 0 bridgehead atoms. The molecule has 2 aromatic rings. The lowest BCUT2D eigenvalue weighted by atomic mass is 10.0. The van der Waals surface area contributed by atoms with Crippen LogP contribution in [0.3, 0.4) is 0 Å². The number of hydrogen-bond acceptors (Lipinski definition) is 7. The average molecular weight is 342 g/mol. The molecule has 0 radical (unpaired) electrons. The van der Waals surface area contributed by atoms with Crippen LogP contribution in [0.2, 0.25) is 0 Å². The maximum atomic E-state index is 5.23. The largest absolute Gasteiger partial charge is 0.355 e. The Morgan fingerprint density at radius 3 is 3.04 bits per heavy atom. The number of hydrogen-bond donors (Lipinski definition) is 0. The van der Waals surface area contributed by atoms with E-state index in [0.717, 1.165) is 56.4 Å². The van der Waals surface area contributed by atoms with E-state index in [4.69, 9.17) is 4.52 Å². The van der Waals surface area contributed by atoms with E-state index in [2.05, 4.69) is 37.0 Å². The SMILES string of the molecule is CCc1nc(CN2CCC[C@@H](N(C)c3ncnc4c3CCC4)C2)no1. The van der Waals surface area contributed by atoms with Gasteiger partial charge in [-0.1, -0.05) is 12.1 Å². The predicted octanol–water partition coefficient (Wildman–Crippen LogP) is 2.01. The van der Waals surface area contributed by atoms with Crippen molar-refractivity contribution in [1.29, 1.82) is 0 Å². The van der Waals surface area contributed by atoms with Gasteiger partial charge in [0.25, 0.3) is 0 Å². The summed E-state index contributed by atoms with van der Waals surface area (Å²) in [4.78, 5) is 18.3. The van der Waals surface area contributed by atoms with Crippen molar-refractivity contribution in [3.05, 3.63) is 29.3 Å². The number of rotatable bonds is 5. The van der Waals surface area contributed by atoms with E-state index in [-0.39, 0.29) is 0 Å². The first-order valence-electron chi connectivity index (χ1n) is 9.34. The lowest BCUT2D eigenvalue weighted by molar-refractivity contribution is 0.192. The highest BCUT2D eigenvalue weighted by atomic mass is 16.5. The summed E-state index contributed by atoms with van der Waals surface area (Å²) < 4.78 is 5.23. The number of nitrogens with zero attached hydrogens (tertiary/aromatic N) is 6. The number of likely N-dealkylation sites (N-methyl/N-ethyl adjacent to an activating group) is 1. The third-order valence-electron chi connectivity index (χ3n) is 5.39. The fourth-order valence-corrected chi connectivity index (χ4v) is 4.01. The summed E-state index contributed by atoms with van der Waals surface area (Å²) >= 11 is 0. The topological polar surface area (TPSA) is 71.2 Å². The Labute approximate surface area is 148 Å². The van der Waals surface area contributed by atoms with Gasteiger partial charge in [-0.25, -0.2) is 9.97 Å². The maximum absolute atomic E-state index is 5.23. The van der Waals surface area contributed by atoms with Gasteiger partial charge in [-0.15, -0.1) is 0 Å². The highest BCUT2D eigenvalue weighted by Crippen LogP contribution is 2.30. The third kappa shape index (κ3) is 3.38. The second-order valence-corrected chi connectivity index (χ2v) is 7.08. The minimum atomic E-state index is 0.464. The molecule has 7 nitrogen and oxygen atoms in total. The lowest BCUT2D eigenvalue weighted by Crippen LogP contribution is -2.46. The molecule has 2 aliphatic rings. The van der Waals surface area contributed by atoms with Crippen molar-refractivity contribution in [1.82, 2.24) is 25.0 Å². The molecule has 25 heavy (non-hydrogen) atoms. The van der Waals surface area contributed by atoms with Crippen molar-refractivity contribution in [2.45, 2.75) is 58.0 Å². The zero-order chi connectivity index (χ0) is 17.2. The van der Waals surface area contributed by atoms with Crippen molar-refractivity contribution in [2.75, 3.05) is 25.0 Å². The highest BCUT2D eigenvalue weighted by molar-refractivity contribution is 5.50. The molecule has 1 saturated heterocycles. The highest BCUT2D eigenvalue weighted by Gasteiger charge is 2.28. The zero-order valence-electron chi connectivity index (χ0n) is 15.1. The van der Waals surface area contributed by atoms with E-state index in [0.29, 0.717) is 6.04 Å². The van der Waals surface area contributed by atoms with Gasteiger partial charge in [0.2, 0.25) is 5.89 Å². The van der Waals surface area contributed by atoms with E-state index in [1.54, 1.807) is 6.33 Å². The molecule has 0 N–H and O–H groups in total. The zero-order valence-corrected chi connectivity index (χ0v) is 15.1. The summed E-state index contributed by atoms with van der Waals surface area (Å²) in [5.41, 5.74) is 2.59. The average Bonchev–Trinajstić information content (AvgIpc) is 3.30. The van der Waals surface area contributed by atoms with Crippen LogP contribution in [0.4, 0.5) is 5.82 Å². The van der Waals surface area contributed by atoms with Gasteiger partial charge in [0.1, 0.15) is 12.1 Å². The molecule has 0 saturated carbocycles. The molecule has 1 aliphatic heterocycles. The monoisotopic (exact) mass is 342 g/mol. The Bertz CT molecular complexity index is 730. The normalized spacial score (nSPS) is 20.6. The number of fused-ring (bicyclic) bond motifs is 1. The molecular weight excluding hydrogens is 316 g/mol. The summed E-state index contributed by atoms with van der Waals surface area (Å²) in [6.07, 6.45) is 8.28. The minimum absolute atomic E-state index is 0.464. The summed E-state index contributed by atoms with van der Waals surface area (Å²) in [6, 6.07) is 0.464. The lowest BCUT2D eigenvalue weighted by Gasteiger charge is -2.38. The van der Waals surface area contributed by atoms with Gasteiger partial charge in [-0.2, -0.15) is 4.98 Å². The number of likely N-dealkylation sites (tertiary alicyclic amines) is 1. The molecule has 0 amide bonds. The predicted molar refractivity (Wildman–Crippen MR) is 94.4 cm³/mol. The van der Waals surface area contributed by atoms with Crippen LogP contribution in [0.5, 0.6) is 0 Å². The fraction of sp³-hybridized carbons (Fsp3) is 0.667. The second kappa shape index (κ2) is 7.07. The molecule has 1 fully saturated rings. The molecule has 134 valence electrons. The van der Waals surface area contributed by atoms with E-state index in [1.165, 1.54) is 30.5 Å². The van der Waals surface area contributed by atoms with Crippen molar-refractivity contribution in [2.24, 2.45) is 0 Å². The fourth-order valence-electron chi connectivity index (χ4n) is 4.01. The first-order valence-corrected chi connectivity index (χ1v) is 9.34. The summed E-state index contributed by atoms with van der Waals surface area (Å²) in [5.74, 6) is 2.64. The molecule has 3 heterocycles. The van der Waals surface area contributed by atoms with Crippen LogP contribution >= 0.6 is 0 Å². The molecule has 0 unspecified atom stereocenters. The van der Waals surface area contributed by atoms with E-state index in [1.807, 2.05) is 6.92 Å². The summed E-state index contributed by atoms with van der Waals surface area (Å²) in [7, 11) is 2.18. The molecule has 4 rings (SSSR count). The standard InChI is InChI=1S/C18H26N6O/c1-3-17-21-16(22-25-17)11-24-9-5-6-13(10-24)23(2)18-14-7-4-8-15(14)19-12-20-18/h12-13H,3-11H2,1-2H3/t13-/m1/s1. The molecular formula is C18H26N6O. The first-order chi connectivity index (χ1) is 12.2. The quantitative estimate of drug-likeness (QED) is 0.823. The molecule has 0 aromatic carbocycles. The number of anilines is 1. The van der Waals surface area contributed by atoms with Crippen LogP contribution in [0.15, 0.2) is 10.9 Å². The van der Waals surface area contributed by atoms with E-state index >= 15 is 0 Å². The van der Waals surface area contributed by atoms with Gasteiger partial charge < -0.3 is 9.42 Å². The van der Waals surface area contributed by atoms with E-state index in [9.17, 15) is 0 Å². The summed E-state index contributed by atoms with van der Waals surface area (Å²) in [5, 5.41) is 4.09. The molecule has 2 aromatic heterocycles. The Balaban J connectivity index is 1.45. The van der Waals surface area contributed by atoms with Crippen LogP contribution in [0.25, 0.3) is 0 Å². The van der Waals surface area contributed by atoms with Gasteiger partial charge >= 0.3 is 0 Å². The Morgan fingerprint density at radius 2 is 2.20 bits per heavy atom. The van der Waals surface area contributed by atoms with Crippen LogP contribution in [0.1, 0.15) is 49.2 Å². The van der Waals surface area contributed by atoms with Crippen molar-refractivity contribution in [3.8, 4) is 0 Å². The van der Waals surface area contributed by atoms with Crippen molar-refractivity contribution in [3.63, 3.8) is 0 Å². The first kappa shape index (κ1) is 16.4. The van der Waals surface area contributed by atoms with Crippen LogP contribution in [-0.2, 0) is 25.8 Å². The number of aromatic nitrogens is 4. The molecule has 1 atom stereocenters. The second-order valence-electron chi connectivity index (χ2n) is 7.08. The minimum Gasteiger partial charge on any atom is -0.355 e. The van der Waals surface area contributed by atoms with Crippen LogP contribution in [-0.4, -0.2) is 51.2 Å². The van der Waals surface area contributed by atoms with Crippen molar-refractivity contribution < 1.29 is 4.52 Å². The van der Waals surface area contributed by atoms with Gasteiger partial charge in [-0.3, -0.25) is 4.90 Å². The van der Waals surface area contributed by atoms with Gasteiger partial charge in [-0.05, 0) is 38.6 Å². The Morgan fingerprint density at radius 1 is 1.28 bits per heavy atom. The molecule has 0 spiro atoms. The summed E-state index contributed by atoms with van der Waals surface area (Å²) in [6.45, 7) is 4.88.